The Balaban J connectivity index is 1.90. The quantitative estimate of drug-likeness (QED) is 0.483. The molecule has 5 rings (SSSR count). The molecular formula is C21H14BNO3. The van der Waals surface area contributed by atoms with Gasteiger partial charge in [-0.15, -0.1) is 0 Å². The van der Waals surface area contributed by atoms with Crippen LogP contribution in [0, 0.1) is 0 Å². The van der Waals surface area contributed by atoms with Crippen LogP contribution in [0.3, 0.4) is 0 Å². The van der Waals surface area contributed by atoms with Crippen molar-refractivity contribution in [3.8, 4) is 11.1 Å². The number of nitrogens with zero attached hydrogens (tertiary/aromatic N) is 1. The predicted molar refractivity (Wildman–Crippen MR) is 104 cm³/mol. The van der Waals surface area contributed by atoms with E-state index >= 15 is 0 Å². The number of benzene rings is 3. The van der Waals surface area contributed by atoms with Gasteiger partial charge in [-0.05, 0) is 35.4 Å². The van der Waals surface area contributed by atoms with Gasteiger partial charge in [-0.2, -0.15) is 0 Å². The van der Waals surface area contributed by atoms with Crippen LogP contribution in [0.2, 0.25) is 0 Å². The second kappa shape index (κ2) is 5.69. The molecule has 2 aromatic heterocycles. The van der Waals surface area contributed by atoms with Crippen molar-refractivity contribution < 1.29 is 14.5 Å². The van der Waals surface area contributed by atoms with Crippen molar-refractivity contribution in [3.63, 3.8) is 0 Å². The summed E-state index contributed by atoms with van der Waals surface area (Å²) in [7, 11) is -1.62. The molecule has 0 aliphatic heterocycles. The summed E-state index contributed by atoms with van der Waals surface area (Å²) in [5.74, 6) is 0. The lowest BCUT2D eigenvalue weighted by molar-refractivity contribution is 0.425. The molecule has 0 aliphatic carbocycles. The zero-order chi connectivity index (χ0) is 17.7. The van der Waals surface area contributed by atoms with Crippen molar-refractivity contribution in [1.82, 2.24) is 4.98 Å². The Labute approximate surface area is 149 Å². The van der Waals surface area contributed by atoms with E-state index in [1.165, 1.54) is 0 Å². The van der Waals surface area contributed by atoms with Gasteiger partial charge in [0.1, 0.15) is 11.2 Å². The highest BCUT2D eigenvalue weighted by molar-refractivity contribution is 6.62. The van der Waals surface area contributed by atoms with E-state index in [9.17, 15) is 10.0 Å². The minimum Gasteiger partial charge on any atom is -0.456 e. The van der Waals surface area contributed by atoms with Gasteiger partial charge in [0.2, 0.25) is 0 Å². The van der Waals surface area contributed by atoms with Crippen molar-refractivity contribution >= 4 is 45.4 Å². The van der Waals surface area contributed by atoms with Crippen molar-refractivity contribution in [2.45, 2.75) is 0 Å². The smallest absolute Gasteiger partial charge is 0.456 e. The minimum atomic E-state index is -1.62. The first-order valence-corrected chi connectivity index (χ1v) is 8.38. The van der Waals surface area contributed by atoms with Crippen molar-refractivity contribution in [2.75, 3.05) is 0 Å². The standard InChI is InChI=1S/C21H14BNO3/c24-22(25)18-12-13(14-9-10-23-19-7-3-1-5-15(14)19)11-17-16-6-2-4-8-20(16)26-21(17)18/h1-12,24-25H. The third-order valence-electron chi connectivity index (χ3n) is 4.75. The molecule has 124 valence electrons. The molecule has 0 atom stereocenters. The molecule has 0 fully saturated rings. The zero-order valence-electron chi connectivity index (χ0n) is 13.8. The van der Waals surface area contributed by atoms with Gasteiger partial charge in [0.25, 0.3) is 0 Å². The Bertz CT molecular complexity index is 1270. The molecule has 0 aliphatic rings. The summed E-state index contributed by atoms with van der Waals surface area (Å²) in [5, 5.41) is 22.7. The lowest BCUT2D eigenvalue weighted by Gasteiger charge is -2.09. The summed E-state index contributed by atoms with van der Waals surface area (Å²) in [5.41, 5.74) is 4.36. The third kappa shape index (κ3) is 2.22. The average molecular weight is 339 g/mol. The summed E-state index contributed by atoms with van der Waals surface area (Å²) in [4.78, 5) is 4.41. The first-order valence-electron chi connectivity index (χ1n) is 8.38. The first-order chi connectivity index (χ1) is 12.7. The van der Waals surface area contributed by atoms with Crippen molar-refractivity contribution in [1.29, 1.82) is 0 Å². The fourth-order valence-corrected chi connectivity index (χ4v) is 3.55. The molecule has 5 heteroatoms. The lowest BCUT2D eigenvalue weighted by Crippen LogP contribution is -2.30. The van der Waals surface area contributed by atoms with Gasteiger partial charge in [-0.25, -0.2) is 0 Å². The molecule has 5 aromatic rings. The Hall–Kier alpha value is -3.15. The Kier molecular flexibility index (Phi) is 3.32. The molecule has 3 aromatic carbocycles. The molecule has 0 amide bonds. The van der Waals surface area contributed by atoms with Crippen LogP contribution in [0.25, 0.3) is 44.0 Å². The minimum absolute atomic E-state index is 0.356. The van der Waals surface area contributed by atoms with Gasteiger partial charge in [0.15, 0.2) is 0 Å². The summed E-state index contributed by atoms with van der Waals surface area (Å²) in [6.07, 6.45) is 1.77. The monoisotopic (exact) mass is 339 g/mol. The number of para-hydroxylation sites is 2. The summed E-state index contributed by atoms with van der Waals surface area (Å²) >= 11 is 0. The van der Waals surface area contributed by atoms with Gasteiger partial charge in [-0.3, -0.25) is 4.98 Å². The van der Waals surface area contributed by atoms with E-state index in [2.05, 4.69) is 4.98 Å². The van der Waals surface area contributed by atoms with Gasteiger partial charge in [0.05, 0.1) is 5.52 Å². The third-order valence-corrected chi connectivity index (χ3v) is 4.75. The number of hydrogen-bond acceptors (Lipinski definition) is 4. The highest BCUT2D eigenvalue weighted by Gasteiger charge is 2.21. The highest BCUT2D eigenvalue weighted by atomic mass is 16.4. The number of rotatable bonds is 2. The summed E-state index contributed by atoms with van der Waals surface area (Å²) in [6, 6.07) is 21.4. The highest BCUT2D eigenvalue weighted by Crippen LogP contribution is 2.33. The molecule has 2 N–H and O–H groups in total. The van der Waals surface area contributed by atoms with Crippen LogP contribution in [0.1, 0.15) is 0 Å². The van der Waals surface area contributed by atoms with Crippen molar-refractivity contribution in [2.24, 2.45) is 0 Å². The maximum Gasteiger partial charge on any atom is 0.492 e. The van der Waals surface area contributed by atoms with E-state index in [0.29, 0.717) is 11.0 Å². The second-order valence-electron chi connectivity index (χ2n) is 6.29. The molecular weight excluding hydrogens is 325 g/mol. The Morgan fingerprint density at radius 1 is 0.808 bits per heavy atom. The average Bonchev–Trinajstić information content (AvgIpc) is 3.05. The van der Waals surface area contributed by atoms with Gasteiger partial charge in [-0.1, -0.05) is 42.5 Å². The van der Waals surface area contributed by atoms with Crippen LogP contribution in [0.5, 0.6) is 0 Å². The van der Waals surface area contributed by atoms with Gasteiger partial charge in [0, 0.05) is 27.8 Å². The van der Waals surface area contributed by atoms with Crippen LogP contribution >= 0.6 is 0 Å². The van der Waals surface area contributed by atoms with E-state index in [1.807, 2.05) is 60.7 Å². The largest absolute Gasteiger partial charge is 0.492 e. The van der Waals surface area contributed by atoms with Crippen LogP contribution < -0.4 is 5.46 Å². The maximum atomic E-state index is 9.91. The number of hydrogen-bond donors (Lipinski definition) is 2. The number of fused-ring (bicyclic) bond motifs is 4. The van der Waals surface area contributed by atoms with Crippen LogP contribution in [0.4, 0.5) is 0 Å². The van der Waals surface area contributed by atoms with E-state index in [-0.39, 0.29) is 0 Å². The Morgan fingerprint density at radius 3 is 2.42 bits per heavy atom. The fourth-order valence-electron chi connectivity index (χ4n) is 3.55. The number of furan rings is 1. The topological polar surface area (TPSA) is 66.5 Å². The van der Waals surface area contributed by atoms with Crippen LogP contribution in [-0.2, 0) is 0 Å². The van der Waals surface area contributed by atoms with Gasteiger partial charge >= 0.3 is 7.12 Å². The van der Waals surface area contributed by atoms with E-state index in [4.69, 9.17) is 4.42 Å². The fraction of sp³-hybridized carbons (Fsp3) is 0. The van der Waals surface area contributed by atoms with E-state index < -0.39 is 7.12 Å². The Morgan fingerprint density at radius 2 is 1.58 bits per heavy atom. The van der Waals surface area contributed by atoms with Crippen LogP contribution in [-0.4, -0.2) is 22.2 Å². The summed E-state index contributed by atoms with van der Waals surface area (Å²) in [6.45, 7) is 0. The molecule has 0 spiro atoms. The first kappa shape index (κ1) is 15.1. The molecule has 2 heterocycles. The van der Waals surface area contributed by atoms with E-state index in [0.717, 1.165) is 38.4 Å². The van der Waals surface area contributed by atoms with Crippen LogP contribution in [0.15, 0.2) is 77.3 Å². The van der Waals surface area contributed by atoms with Gasteiger partial charge < -0.3 is 14.5 Å². The molecule has 0 saturated heterocycles. The van der Waals surface area contributed by atoms with E-state index in [1.54, 1.807) is 12.3 Å². The molecule has 26 heavy (non-hydrogen) atoms. The maximum absolute atomic E-state index is 9.91. The molecule has 0 radical (unpaired) electrons. The number of aromatic nitrogens is 1. The SMILES string of the molecule is OB(O)c1cc(-c2ccnc3ccccc23)cc2c1oc1ccccc12. The lowest BCUT2D eigenvalue weighted by atomic mass is 9.77. The predicted octanol–water partition coefficient (Wildman–Crippen LogP) is 3.48. The molecule has 4 nitrogen and oxygen atoms in total. The zero-order valence-corrected chi connectivity index (χ0v) is 13.8. The molecule has 0 unspecified atom stereocenters. The second-order valence-corrected chi connectivity index (χ2v) is 6.29. The van der Waals surface area contributed by atoms with Crippen molar-refractivity contribution in [3.05, 3.63) is 72.9 Å². The summed E-state index contributed by atoms with van der Waals surface area (Å²) < 4.78 is 5.89. The number of pyridine rings is 1. The normalized spacial score (nSPS) is 11.5. The molecule has 0 bridgehead atoms. The molecule has 0 saturated carbocycles.